The Morgan fingerprint density at radius 1 is 1.44 bits per heavy atom. The van der Waals surface area contributed by atoms with E-state index in [9.17, 15) is 13.6 Å². The molecule has 16 heavy (non-hydrogen) atoms. The van der Waals surface area contributed by atoms with Crippen molar-refractivity contribution in [3.8, 4) is 0 Å². The number of rotatable bonds is 3. The standard InChI is InChI=1S/C11H9BrF2O2/c12-6-1-2-7(9(13)14)8(5-6)11(3-4-11)10(15)16/h1-2,5,9H,3-4H2,(H,15,16). The van der Waals surface area contributed by atoms with Crippen molar-refractivity contribution in [1.82, 2.24) is 0 Å². The van der Waals surface area contributed by atoms with Crippen LogP contribution in [0.3, 0.4) is 0 Å². The number of hydrogen-bond acceptors (Lipinski definition) is 1. The summed E-state index contributed by atoms with van der Waals surface area (Å²) in [5.41, 5.74) is -1.03. The number of carboxylic acids is 1. The Labute approximate surface area is 99.4 Å². The molecule has 0 unspecified atom stereocenters. The third-order valence-corrected chi connectivity index (χ3v) is 3.42. The van der Waals surface area contributed by atoms with Gasteiger partial charge in [-0.2, -0.15) is 0 Å². The maximum atomic E-state index is 12.8. The molecule has 0 radical (unpaired) electrons. The smallest absolute Gasteiger partial charge is 0.314 e. The largest absolute Gasteiger partial charge is 0.481 e. The van der Waals surface area contributed by atoms with Gasteiger partial charge in [0.15, 0.2) is 0 Å². The second kappa shape index (κ2) is 3.80. The average Bonchev–Trinajstić information content (AvgIpc) is 2.97. The van der Waals surface area contributed by atoms with Crippen LogP contribution in [0.1, 0.15) is 30.4 Å². The Bertz CT molecular complexity index is 442. The minimum Gasteiger partial charge on any atom is -0.481 e. The van der Waals surface area contributed by atoms with Gasteiger partial charge in [-0.25, -0.2) is 8.78 Å². The topological polar surface area (TPSA) is 37.3 Å². The Balaban J connectivity index is 2.54. The van der Waals surface area contributed by atoms with Gasteiger partial charge in [-0.3, -0.25) is 4.79 Å². The summed E-state index contributed by atoms with van der Waals surface area (Å²) in [5, 5.41) is 9.09. The highest BCUT2D eigenvalue weighted by Gasteiger charge is 2.53. The van der Waals surface area contributed by atoms with Gasteiger partial charge in [0, 0.05) is 10.0 Å². The summed E-state index contributed by atoms with van der Waals surface area (Å²) in [6, 6.07) is 4.28. The van der Waals surface area contributed by atoms with Crippen LogP contribution >= 0.6 is 15.9 Å². The van der Waals surface area contributed by atoms with E-state index in [4.69, 9.17) is 5.11 Å². The average molecular weight is 291 g/mol. The molecule has 0 atom stereocenters. The zero-order valence-electron chi connectivity index (χ0n) is 8.21. The van der Waals surface area contributed by atoms with E-state index >= 15 is 0 Å². The molecule has 2 rings (SSSR count). The number of carboxylic acid groups (broad SMARTS) is 1. The lowest BCUT2D eigenvalue weighted by molar-refractivity contribution is -0.140. The van der Waals surface area contributed by atoms with Gasteiger partial charge in [-0.05, 0) is 30.5 Å². The van der Waals surface area contributed by atoms with Crippen molar-refractivity contribution < 1.29 is 18.7 Å². The van der Waals surface area contributed by atoms with E-state index in [1.807, 2.05) is 0 Å². The zero-order valence-corrected chi connectivity index (χ0v) is 9.80. The Morgan fingerprint density at radius 3 is 2.50 bits per heavy atom. The van der Waals surface area contributed by atoms with Crippen molar-refractivity contribution >= 4 is 21.9 Å². The fraction of sp³-hybridized carbons (Fsp3) is 0.364. The molecule has 1 aliphatic rings. The van der Waals surface area contributed by atoms with Crippen LogP contribution in [0.15, 0.2) is 22.7 Å². The predicted octanol–water partition coefficient (Wildman–Crippen LogP) is 3.50. The quantitative estimate of drug-likeness (QED) is 0.925. The van der Waals surface area contributed by atoms with E-state index in [1.165, 1.54) is 18.2 Å². The number of benzene rings is 1. The van der Waals surface area contributed by atoms with Gasteiger partial charge in [0.25, 0.3) is 6.43 Å². The van der Waals surface area contributed by atoms with Gasteiger partial charge in [-0.1, -0.05) is 22.0 Å². The van der Waals surface area contributed by atoms with E-state index in [1.54, 1.807) is 0 Å². The van der Waals surface area contributed by atoms with Crippen molar-refractivity contribution in [2.45, 2.75) is 24.7 Å². The van der Waals surface area contributed by atoms with Crippen molar-refractivity contribution in [3.05, 3.63) is 33.8 Å². The predicted molar refractivity (Wildman–Crippen MR) is 57.6 cm³/mol. The fourth-order valence-electron chi connectivity index (χ4n) is 1.86. The first-order valence-electron chi connectivity index (χ1n) is 4.79. The molecule has 0 amide bonds. The van der Waals surface area contributed by atoms with Crippen LogP contribution in [0.2, 0.25) is 0 Å². The highest BCUT2D eigenvalue weighted by Crippen LogP contribution is 2.51. The summed E-state index contributed by atoms with van der Waals surface area (Å²) in [5.74, 6) is -1.02. The second-order valence-corrected chi connectivity index (χ2v) is 4.84. The summed E-state index contributed by atoms with van der Waals surface area (Å²) >= 11 is 3.18. The Morgan fingerprint density at radius 2 is 2.06 bits per heavy atom. The number of hydrogen-bond donors (Lipinski definition) is 1. The molecule has 1 N–H and O–H groups in total. The SMILES string of the molecule is O=C(O)C1(c2cc(Br)ccc2C(F)F)CC1. The summed E-state index contributed by atoms with van der Waals surface area (Å²) in [4.78, 5) is 11.1. The third kappa shape index (κ3) is 1.73. The molecule has 0 spiro atoms. The van der Waals surface area contributed by atoms with E-state index in [0.29, 0.717) is 17.3 Å². The highest BCUT2D eigenvalue weighted by atomic mass is 79.9. The summed E-state index contributed by atoms with van der Waals surface area (Å²) in [7, 11) is 0. The molecule has 0 heterocycles. The van der Waals surface area contributed by atoms with Crippen LogP contribution in [0.25, 0.3) is 0 Å². The van der Waals surface area contributed by atoms with Gasteiger partial charge in [0.05, 0.1) is 5.41 Å². The van der Waals surface area contributed by atoms with Crippen LogP contribution < -0.4 is 0 Å². The maximum absolute atomic E-state index is 12.8. The van der Waals surface area contributed by atoms with Crippen molar-refractivity contribution in [3.63, 3.8) is 0 Å². The summed E-state index contributed by atoms with van der Waals surface area (Å²) < 4.78 is 26.2. The minimum atomic E-state index is -2.64. The molecule has 0 bridgehead atoms. The molecule has 0 saturated heterocycles. The molecule has 5 heteroatoms. The van der Waals surface area contributed by atoms with Gasteiger partial charge in [-0.15, -0.1) is 0 Å². The number of carbonyl (C=O) groups is 1. The van der Waals surface area contributed by atoms with Gasteiger partial charge in [0.1, 0.15) is 0 Å². The second-order valence-electron chi connectivity index (χ2n) is 3.92. The highest BCUT2D eigenvalue weighted by molar-refractivity contribution is 9.10. The zero-order chi connectivity index (χ0) is 11.9. The van der Waals surface area contributed by atoms with E-state index in [0.717, 1.165) is 0 Å². The Kier molecular flexibility index (Phi) is 2.74. The molecule has 2 nitrogen and oxygen atoms in total. The van der Waals surface area contributed by atoms with Crippen LogP contribution in [-0.4, -0.2) is 11.1 Å². The van der Waals surface area contributed by atoms with E-state index in [2.05, 4.69) is 15.9 Å². The molecule has 1 fully saturated rings. The maximum Gasteiger partial charge on any atom is 0.314 e. The van der Waals surface area contributed by atoms with Crippen molar-refractivity contribution in [1.29, 1.82) is 0 Å². The number of halogens is 3. The van der Waals surface area contributed by atoms with Crippen molar-refractivity contribution in [2.24, 2.45) is 0 Å². The van der Waals surface area contributed by atoms with Crippen LogP contribution in [-0.2, 0) is 10.2 Å². The van der Waals surface area contributed by atoms with E-state index in [-0.39, 0.29) is 11.1 Å². The van der Waals surface area contributed by atoms with Gasteiger partial charge < -0.3 is 5.11 Å². The third-order valence-electron chi connectivity index (χ3n) is 2.93. The molecule has 1 aliphatic carbocycles. The first kappa shape index (κ1) is 11.5. The van der Waals surface area contributed by atoms with Crippen LogP contribution in [0, 0.1) is 0 Å². The lowest BCUT2D eigenvalue weighted by atomic mass is 9.91. The lowest BCUT2D eigenvalue weighted by Gasteiger charge is -2.15. The molecule has 0 aliphatic heterocycles. The van der Waals surface area contributed by atoms with Crippen LogP contribution in [0.4, 0.5) is 8.78 Å². The molecule has 86 valence electrons. The summed E-state index contributed by atoms with van der Waals surface area (Å²) in [6.07, 6.45) is -1.78. The van der Waals surface area contributed by atoms with Gasteiger partial charge >= 0.3 is 5.97 Å². The normalized spacial score (nSPS) is 17.5. The molecular weight excluding hydrogens is 282 g/mol. The Hall–Kier alpha value is -0.970. The van der Waals surface area contributed by atoms with Crippen molar-refractivity contribution in [2.75, 3.05) is 0 Å². The molecule has 0 aromatic heterocycles. The van der Waals surface area contributed by atoms with E-state index < -0.39 is 17.8 Å². The lowest BCUT2D eigenvalue weighted by Crippen LogP contribution is -2.21. The van der Waals surface area contributed by atoms with Crippen LogP contribution in [0.5, 0.6) is 0 Å². The molecule has 1 aromatic carbocycles. The van der Waals surface area contributed by atoms with Gasteiger partial charge in [0.2, 0.25) is 0 Å². The molecule has 1 aromatic rings. The first-order valence-corrected chi connectivity index (χ1v) is 5.58. The number of alkyl halides is 2. The fourth-order valence-corrected chi connectivity index (χ4v) is 2.22. The summed E-state index contributed by atoms with van der Waals surface area (Å²) in [6.45, 7) is 0. The monoisotopic (exact) mass is 290 g/mol. The molecular formula is C11H9BrF2O2. The first-order chi connectivity index (χ1) is 7.47. The molecule has 1 saturated carbocycles. The number of aliphatic carboxylic acids is 1. The minimum absolute atomic E-state index is 0.178.